The van der Waals surface area contributed by atoms with Crippen LogP contribution in [0.1, 0.15) is 33.1 Å². The molecule has 0 radical (unpaired) electrons. The van der Waals surface area contributed by atoms with E-state index in [-0.39, 0.29) is 0 Å². The van der Waals surface area contributed by atoms with Crippen molar-refractivity contribution in [1.29, 1.82) is 0 Å². The van der Waals surface area contributed by atoms with Gasteiger partial charge in [0.2, 0.25) is 0 Å². The van der Waals surface area contributed by atoms with Crippen LogP contribution in [0.25, 0.3) is 0 Å². The van der Waals surface area contributed by atoms with E-state index in [1.807, 2.05) is 6.26 Å². The zero-order chi connectivity index (χ0) is 8.97. The topological polar surface area (TPSA) is 18.5 Å². The number of ether oxygens (including phenoxy) is 1. The van der Waals surface area contributed by atoms with Crippen LogP contribution in [0.3, 0.4) is 0 Å². The molecule has 0 aromatic heterocycles. The van der Waals surface area contributed by atoms with Crippen LogP contribution < -0.4 is 0 Å². The molecule has 0 N–H and O–H groups in total. The Balaban J connectivity index is 2.30. The van der Waals surface area contributed by atoms with Crippen molar-refractivity contribution in [3.63, 3.8) is 0 Å². The first-order valence-electron chi connectivity index (χ1n) is 4.59. The van der Waals surface area contributed by atoms with E-state index in [0.29, 0.717) is 18.3 Å². The molecule has 0 aliphatic heterocycles. The van der Waals surface area contributed by atoms with E-state index in [0.717, 1.165) is 12.8 Å². The van der Waals surface area contributed by atoms with Crippen LogP contribution in [0.5, 0.6) is 0 Å². The van der Waals surface area contributed by atoms with E-state index in [4.69, 9.17) is 8.92 Å². The fraction of sp³-hybridized carbons (Fsp3) is 1.00. The fourth-order valence-electron chi connectivity index (χ4n) is 1.63. The van der Waals surface area contributed by atoms with Crippen LogP contribution in [0.15, 0.2) is 0 Å². The molecular formula is C9H18O2S. The van der Waals surface area contributed by atoms with E-state index in [2.05, 4.69) is 13.8 Å². The highest BCUT2D eigenvalue weighted by molar-refractivity contribution is 7.93. The third-order valence-electron chi connectivity index (χ3n) is 2.06. The Labute approximate surface area is 79.2 Å². The third kappa shape index (κ3) is 2.96. The highest BCUT2D eigenvalue weighted by Crippen LogP contribution is 2.27. The molecule has 0 unspecified atom stereocenters. The Kier molecular flexibility index (Phi) is 4.40. The monoisotopic (exact) mass is 190 g/mol. The van der Waals surface area contributed by atoms with Gasteiger partial charge in [0.05, 0.1) is 18.3 Å². The minimum Gasteiger partial charge on any atom is -0.373 e. The van der Waals surface area contributed by atoms with Crippen LogP contribution >= 0.6 is 12.0 Å². The second-order valence-corrected chi connectivity index (χ2v) is 3.98. The molecule has 1 aliphatic rings. The first-order chi connectivity index (χ1) is 5.74. The molecule has 0 spiro atoms. The molecular weight excluding hydrogens is 172 g/mol. The van der Waals surface area contributed by atoms with Crippen molar-refractivity contribution < 1.29 is 8.92 Å². The van der Waals surface area contributed by atoms with Crippen LogP contribution in [-0.2, 0) is 8.92 Å². The average molecular weight is 190 g/mol. The van der Waals surface area contributed by atoms with Gasteiger partial charge in [-0.1, -0.05) is 0 Å². The number of hydrogen-bond donors (Lipinski definition) is 0. The second-order valence-electron chi connectivity index (χ2n) is 3.46. The summed E-state index contributed by atoms with van der Waals surface area (Å²) >= 11 is 1.45. The van der Waals surface area contributed by atoms with Crippen molar-refractivity contribution in [3.05, 3.63) is 0 Å². The summed E-state index contributed by atoms with van der Waals surface area (Å²) < 4.78 is 11.2. The Hall–Kier alpha value is 0.270. The smallest absolute Gasteiger partial charge is 0.0983 e. The lowest BCUT2D eigenvalue weighted by Crippen LogP contribution is -2.26. The third-order valence-corrected chi connectivity index (χ3v) is 2.50. The minimum atomic E-state index is 0.320. The van der Waals surface area contributed by atoms with Crippen molar-refractivity contribution >= 4 is 12.0 Å². The molecule has 1 saturated carbocycles. The van der Waals surface area contributed by atoms with Crippen molar-refractivity contribution in [2.75, 3.05) is 6.26 Å². The van der Waals surface area contributed by atoms with Crippen molar-refractivity contribution in [3.8, 4) is 0 Å². The maximum atomic E-state index is 5.74. The second kappa shape index (κ2) is 5.10. The van der Waals surface area contributed by atoms with Gasteiger partial charge in [-0.15, -0.1) is 0 Å². The summed E-state index contributed by atoms with van der Waals surface area (Å²) in [5.41, 5.74) is 0. The van der Waals surface area contributed by atoms with Crippen LogP contribution in [0, 0.1) is 0 Å². The van der Waals surface area contributed by atoms with Crippen molar-refractivity contribution in [2.45, 2.75) is 51.4 Å². The predicted molar refractivity (Wildman–Crippen MR) is 52.2 cm³/mol. The number of rotatable bonds is 4. The van der Waals surface area contributed by atoms with Gasteiger partial charge in [-0.25, -0.2) is 0 Å². The van der Waals surface area contributed by atoms with Crippen LogP contribution in [0.4, 0.5) is 0 Å². The van der Waals surface area contributed by atoms with Gasteiger partial charge >= 0.3 is 0 Å². The lowest BCUT2D eigenvalue weighted by atomic mass is 10.2. The lowest BCUT2D eigenvalue weighted by molar-refractivity contribution is -0.0342. The summed E-state index contributed by atoms with van der Waals surface area (Å²) in [6.07, 6.45) is 6.48. The average Bonchev–Trinajstić information content (AvgIpc) is 2.37. The molecule has 12 heavy (non-hydrogen) atoms. The van der Waals surface area contributed by atoms with Crippen molar-refractivity contribution in [1.82, 2.24) is 0 Å². The van der Waals surface area contributed by atoms with Gasteiger partial charge in [0.15, 0.2) is 0 Å². The summed E-state index contributed by atoms with van der Waals surface area (Å²) in [4.78, 5) is 0. The van der Waals surface area contributed by atoms with Gasteiger partial charge in [0, 0.05) is 6.26 Å². The van der Waals surface area contributed by atoms with E-state index < -0.39 is 0 Å². The largest absolute Gasteiger partial charge is 0.373 e. The Morgan fingerprint density at radius 1 is 1.25 bits per heavy atom. The predicted octanol–water partition coefficient (Wildman–Crippen LogP) is 2.63. The Bertz CT molecular complexity index is 128. The Morgan fingerprint density at radius 2 is 1.92 bits per heavy atom. The zero-order valence-corrected chi connectivity index (χ0v) is 8.89. The van der Waals surface area contributed by atoms with Crippen LogP contribution in [0.2, 0.25) is 0 Å². The molecule has 1 fully saturated rings. The zero-order valence-electron chi connectivity index (χ0n) is 8.08. The summed E-state index contributed by atoms with van der Waals surface area (Å²) in [6, 6.07) is 0. The maximum absolute atomic E-state index is 5.74. The highest BCUT2D eigenvalue weighted by Gasteiger charge is 2.29. The van der Waals surface area contributed by atoms with E-state index in [9.17, 15) is 0 Å². The number of hydrogen-bond acceptors (Lipinski definition) is 3. The van der Waals surface area contributed by atoms with Crippen LogP contribution in [-0.4, -0.2) is 24.6 Å². The molecule has 0 saturated heterocycles. The minimum absolute atomic E-state index is 0.320. The van der Waals surface area contributed by atoms with Gasteiger partial charge in [0.25, 0.3) is 0 Å². The molecule has 0 amide bonds. The van der Waals surface area contributed by atoms with E-state index in [1.54, 1.807) is 0 Å². The molecule has 2 atom stereocenters. The molecule has 0 heterocycles. The molecule has 0 aromatic carbocycles. The SMILES string of the molecule is CSO[C@@H]1CCC[C@@H]1OC(C)C. The maximum Gasteiger partial charge on any atom is 0.0983 e. The standard InChI is InChI=1S/C9H18O2S/c1-7(2)10-8-5-4-6-9(8)11-12-3/h7-9H,4-6H2,1-3H3/t8-,9+/m0/s1. The van der Waals surface area contributed by atoms with Gasteiger partial charge in [-0.3, -0.25) is 0 Å². The lowest BCUT2D eigenvalue weighted by Gasteiger charge is -2.21. The van der Waals surface area contributed by atoms with Gasteiger partial charge in [-0.2, -0.15) is 0 Å². The van der Waals surface area contributed by atoms with Gasteiger partial charge in [0.1, 0.15) is 0 Å². The molecule has 0 aromatic rings. The van der Waals surface area contributed by atoms with E-state index >= 15 is 0 Å². The van der Waals surface area contributed by atoms with Gasteiger partial charge < -0.3 is 8.92 Å². The molecule has 1 rings (SSSR count). The first-order valence-corrected chi connectivity index (χ1v) is 5.74. The summed E-state index contributed by atoms with van der Waals surface area (Å²) in [7, 11) is 0. The molecule has 1 aliphatic carbocycles. The summed E-state index contributed by atoms with van der Waals surface area (Å²) in [5, 5.41) is 0. The highest BCUT2D eigenvalue weighted by atomic mass is 32.2. The quantitative estimate of drug-likeness (QED) is 0.635. The molecule has 0 bridgehead atoms. The van der Waals surface area contributed by atoms with Crippen molar-refractivity contribution in [2.24, 2.45) is 0 Å². The molecule has 2 nitrogen and oxygen atoms in total. The first kappa shape index (κ1) is 10.4. The summed E-state index contributed by atoms with van der Waals surface area (Å²) in [6.45, 7) is 4.16. The normalized spacial score (nSPS) is 30.0. The fourth-order valence-corrected chi connectivity index (χ4v) is 2.10. The van der Waals surface area contributed by atoms with E-state index in [1.165, 1.54) is 18.5 Å². The summed E-state index contributed by atoms with van der Waals surface area (Å²) in [5.74, 6) is 0. The van der Waals surface area contributed by atoms with Gasteiger partial charge in [-0.05, 0) is 45.2 Å². The Morgan fingerprint density at radius 3 is 2.50 bits per heavy atom. The molecule has 72 valence electrons. The molecule has 3 heteroatoms.